The number of likely N-dealkylation sites (tertiary alicyclic amines) is 1. The third-order valence-electron chi connectivity index (χ3n) is 5.37. The van der Waals surface area contributed by atoms with Crippen LogP contribution in [0.2, 0.25) is 0 Å². The van der Waals surface area contributed by atoms with E-state index >= 15 is 0 Å². The van der Waals surface area contributed by atoms with E-state index in [1.807, 2.05) is 0 Å². The number of halogens is 1. The Bertz CT molecular complexity index is 1130. The molecule has 34 heavy (non-hydrogen) atoms. The summed E-state index contributed by atoms with van der Waals surface area (Å²) in [5.74, 6) is -0.874. The maximum Gasteiger partial charge on any atom is 0.357 e. The molecule has 2 N–H and O–H groups in total. The Morgan fingerprint density at radius 3 is 3.00 bits per heavy atom. The summed E-state index contributed by atoms with van der Waals surface area (Å²) in [6.07, 6.45) is 5.07. The fourth-order valence-corrected chi connectivity index (χ4v) is 3.78. The van der Waals surface area contributed by atoms with Crippen molar-refractivity contribution in [2.75, 3.05) is 19.7 Å². The van der Waals surface area contributed by atoms with Crippen LogP contribution in [0.25, 0.3) is 0 Å². The van der Waals surface area contributed by atoms with Crippen LogP contribution in [0.1, 0.15) is 41.3 Å². The number of aromatic nitrogens is 4. The molecule has 1 atom stereocenters. The molecule has 0 unspecified atom stereocenters. The van der Waals surface area contributed by atoms with Crippen molar-refractivity contribution in [3.8, 4) is 5.75 Å². The Balaban J connectivity index is 1.21. The molecule has 11 nitrogen and oxygen atoms in total. The van der Waals surface area contributed by atoms with E-state index in [0.29, 0.717) is 37.6 Å². The molecule has 1 fully saturated rings. The predicted octanol–water partition coefficient (Wildman–Crippen LogP) is 1.70. The second-order valence-electron chi connectivity index (χ2n) is 7.92. The molecule has 0 spiro atoms. The van der Waals surface area contributed by atoms with Crippen LogP contribution < -0.4 is 10.1 Å². The van der Waals surface area contributed by atoms with Gasteiger partial charge in [-0.25, -0.2) is 18.9 Å². The molecule has 4 rings (SSSR count). The van der Waals surface area contributed by atoms with Gasteiger partial charge >= 0.3 is 5.97 Å². The number of ether oxygens (including phenoxy) is 1. The number of hydrogen-bond acceptors (Lipinski definition) is 8. The maximum atomic E-state index is 13.2. The molecule has 3 heterocycles. The number of benzene rings is 1. The minimum absolute atomic E-state index is 0.0448. The van der Waals surface area contributed by atoms with Gasteiger partial charge in [-0.05, 0) is 37.9 Å². The zero-order chi connectivity index (χ0) is 23.9. The van der Waals surface area contributed by atoms with Crippen LogP contribution >= 0.6 is 0 Å². The highest BCUT2D eigenvalue weighted by molar-refractivity contribution is 5.84. The first kappa shape index (κ1) is 23.4. The van der Waals surface area contributed by atoms with Gasteiger partial charge in [-0.2, -0.15) is 0 Å². The van der Waals surface area contributed by atoms with Crippen molar-refractivity contribution in [2.24, 2.45) is 0 Å². The van der Waals surface area contributed by atoms with Gasteiger partial charge in [0, 0.05) is 19.2 Å². The lowest BCUT2D eigenvalue weighted by molar-refractivity contribution is -0.125. The molecule has 0 aliphatic carbocycles. The summed E-state index contributed by atoms with van der Waals surface area (Å²) in [5, 5.41) is 20.0. The second kappa shape index (κ2) is 10.9. The largest absolute Gasteiger partial charge is 0.493 e. The van der Waals surface area contributed by atoms with Crippen LogP contribution in [0.5, 0.6) is 5.75 Å². The lowest BCUT2D eigenvalue weighted by Gasteiger charge is -2.22. The van der Waals surface area contributed by atoms with Crippen LogP contribution in [0.3, 0.4) is 0 Å². The first-order chi connectivity index (χ1) is 16.5. The summed E-state index contributed by atoms with van der Waals surface area (Å²) in [6, 6.07) is 5.70. The van der Waals surface area contributed by atoms with E-state index in [9.17, 15) is 14.0 Å². The molecule has 3 aromatic rings. The first-order valence-corrected chi connectivity index (χ1v) is 10.9. The van der Waals surface area contributed by atoms with E-state index in [2.05, 4.69) is 25.5 Å². The number of carboxylic acids is 1. The lowest BCUT2D eigenvalue weighted by atomic mass is 10.2. The molecule has 2 aromatic heterocycles. The number of oxazole rings is 1. The molecule has 1 amide bonds. The summed E-state index contributed by atoms with van der Waals surface area (Å²) in [4.78, 5) is 29.5. The summed E-state index contributed by atoms with van der Waals surface area (Å²) < 4.78 is 25.3. The van der Waals surface area contributed by atoms with Crippen molar-refractivity contribution < 1.29 is 28.2 Å². The Morgan fingerprint density at radius 1 is 1.32 bits per heavy atom. The smallest absolute Gasteiger partial charge is 0.357 e. The SMILES string of the molecule is O=C(O)c1coc(Cn2cc(CN3CCC[C@H]3C(=O)NCCCOc3cccc(F)c3)nn2)n1. The Morgan fingerprint density at radius 2 is 2.21 bits per heavy atom. The summed E-state index contributed by atoms with van der Waals surface area (Å²) in [6.45, 7) is 2.23. The van der Waals surface area contributed by atoms with Crippen molar-refractivity contribution in [1.82, 2.24) is 30.2 Å². The van der Waals surface area contributed by atoms with Gasteiger partial charge in [0.05, 0.1) is 24.5 Å². The van der Waals surface area contributed by atoms with Crippen LogP contribution in [0.4, 0.5) is 4.39 Å². The van der Waals surface area contributed by atoms with Crippen LogP contribution in [0.15, 0.2) is 41.1 Å². The van der Waals surface area contributed by atoms with Gasteiger partial charge < -0.3 is 19.6 Å². The van der Waals surface area contributed by atoms with Gasteiger partial charge in [0.15, 0.2) is 5.69 Å². The number of carbonyl (C=O) groups excluding carboxylic acids is 1. The van der Waals surface area contributed by atoms with Crippen LogP contribution in [-0.4, -0.2) is 67.6 Å². The van der Waals surface area contributed by atoms with E-state index < -0.39 is 5.97 Å². The van der Waals surface area contributed by atoms with Crippen molar-refractivity contribution in [3.05, 3.63) is 59.8 Å². The van der Waals surface area contributed by atoms with Crippen molar-refractivity contribution in [3.63, 3.8) is 0 Å². The van der Waals surface area contributed by atoms with Crippen molar-refractivity contribution in [1.29, 1.82) is 0 Å². The monoisotopic (exact) mass is 472 g/mol. The number of nitrogens with zero attached hydrogens (tertiary/aromatic N) is 5. The van der Waals surface area contributed by atoms with Crippen molar-refractivity contribution in [2.45, 2.75) is 38.4 Å². The first-order valence-electron chi connectivity index (χ1n) is 10.9. The van der Waals surface area contributed by atoms with Gasteiger partial charge in [0.1, 0.15) is 24.4 Å². The molecular formula is C22H25FN6O5. The van der Waals surface area contributed by atoms with Crippen LogP contribution in [0, 0.1) is 5.82 Å². The maximum absolute atomic E-state index is 13.2. The van der Waals surface area contributed by atoms with Gasteiger partial charge in [-0.15, -0.1) is 5.10 Å². The number of aromatic carboxylic acids is 1. The topological polar surface area (TPSA) is 136 Å². The minimum Gasteiger partial charge on any atom is -0.493 e. The van der Waals surface area contributed by atoms with E-state index in [0.717, 1.165) is 25.6 Å². The fraction of sp³-hybridized carbons (Fsp3) is 0.409. The van der Waals surface area contributed by atoms with E-state index in [1.54, 1.807) is 18.3 Å². The number of nitrogens with one attached hydrogen (secondary N) is 1. The Hall–Kier alpha value is -3.80. The van der Waals surface area contributed by atoms with E-state index in [1.165, 1.54) is 16.8 Å². The molecular weight excluding hydrogens is 447 g/mol. The summed E-state index contributed by atoms with van der Waals surface area (Å²) in [7, 11) is 0. The average Bonchev–Trinajstić information content (AvgIpc) is 3.56. The molecule has 12 heteroatoms. The second-order valence-corrected chi connectivity index (χ2v) is 7.92. The Labute approximate surface area is 194 Å². The predicted molar refractivity (Wildman–Crippen MR) is 116 cm³/mol. The molecule has 0 bridgehead atoms. The lowest BCUT2D eigenvalue weighted by Crippen LogP contribution is -2.43. The van der Waals surface area contributed by atoms with Crippen LogP contribution in [-0.2, 0) is 17.9 Å². The molecule has 0 radical (unpaired) electrons. The molecule has 1 aliphatic rings. The van der Waals surface area contributed by atoms with E-state index in [4.69, 9.17) is 14.3 Å². The van der Waals surface area contributed by atoms with Gasteiger partial charge in [0.2, 0.25) is 11.8 Å². The van der Waals surface area contributed by atoms with Gasteiger partial charge in [-0.3, -0.25) is 9.69 Å². The quantitative estimate of drug-likeness (QED) is 0.400. The van der Waals surface area contributed by atoms with Gasteiger partial charge in [-0.1, -0.05) is 11.3 Å². The highest BCUT2D eigenvalue weighted by atomic mass is 19.1. The molecule has 1 aliphatic heterocycles. The zero-order valence-corrected chi connectivity index (χ0v) is 18.4. The molecule has 1 aromatic carbocycles. The number of carboxylic acid groups (broad SMARTS) is 1. The number of hydrogen-bond donors (Lipinski definition) is 2. The highest BCUT2D eigenvalue weighted by Crippen LogP contribution is 2.20. The average molecular weight is 472 g/mol. The molecule has 180 valence electrons. The number of rotatable bonds is 11. The van der Waals surface area contributed by atoms with E-state index in [-0.39, 0.29) is 35.9 Å². The third kappa shape index (κ3) is 6.16. The van der Waals surface area contributed by atoms with Gasteiger partial charge in [0.25, 0.3) is 0 Å². The molecule has 1 saturated heterocycles. The highest BCUT2D eigenvalue weighted by Gasteiger charge is 2.31. The minimum atomic E-state index is -1.16. The standard InChI is InChI=1S/C22H25FN6O5/c23-15-4-1-5-17(10-15)33-9-3-7-24-21(30)19-6-2-8-28(19)11-16-12-29(27-26-16)13-20-25-18(14-34-20)22(31)32/h1,4-5,10,12,14,19H,2-3,6-9,11,13H2,(H,24,30)(H,31,32)/t19-/m0/s1. The summed E-state index contributed by atoms with van der Waals surface area (Å²) in [5.41, 5.74) is 0.523. The third-order valence-corrected chi connectivity index (χ3v) is 5.37. The molecule has 0 saturated carbocycles. The zero-order valence-electron chi connectivity index (χ0n) is 18.4. The number of carbonyl (C=O) groups is 2. The summed E-state index contributed by atoms with van der Waals surface area (Å²) >= 11 is 0. The number of amides is 1. The fourth-order valence-electron chi connectivity index (χ4n) is 3.78. The van der Waals surface area contributed by atoms with Crippen molar-refractivity contribution >= 4 is 11.9 Å². The Kier molecular flexibility index (Phi) is 7.48. The normalized spacial score (nSPS) is 16.0.